The van der Waals surface area contributed by atoms with Crippen LogP contribution in [0.4, 0.5) is 0 Å². The van der Waals surface area contributed by atoms with Crippen molar-refractivity contribution >= 4 is 20.8 Å². The number of nitrogens with zero attached hydrogens (tertiary/aromatic N) is 2. The molecule has 7 nitrogen and oxygen atoms in total. The van der Waals surface area contributed by atoms with E-state index in [4.69, 9.17) is 0 Å². The van der Waals surface area contributed by atoms with Gasteiger partial charge < -0.3 is 10.3 Å². The number of imidazole rings is 1. The first-order valence-electron chi connectivity index (χ1n) is 8.09. The summed E-state index contributed by atoms with van der Waals surface area (Å²) in [6, 6.07) is 6.61. The maximum absolute atomic E-state index is 12.5. The van der Waals surface area contributed by atoms with E-state index in [1.807, 2.05) is 6.92 Å². The molecule has 0 bridgehead atoms. The molecule has 0 saturated carbocycles. The molecule has 2 aromatic heterocycles. The maximum atomic E-state index is 12.5. The normalized spacial score (nSPS) is 13.2. The first kappa shape index (κ1) is 17.5. The highest BCUT2D eigenvalue weighted by Gasteiger charge is 2.17. The third-order valence-electron chi connectivity index (χ3n) is 3.86. The van der Waals surface area contributed by atoms with Gasteiger partial charge in [0.1, 0.15) is 0 Å². The lowest BCUT2D eigenvalue weighted by Crippen LogP contribution is -2.40. The molecular formula is C17H21N5O2S. The van der Waals surface area contributed by atoms with Crippen molar-refractivity contribution in [2.75, 3.05) is 13.1 Å². The number of nitrogens with one attached hydrogen (secondary N) is 3. The van der Waals surface area contributed by atoms with E-state index in [0.717, 1.165) is 29.4 Å². The van der Waals surface area contributed by atoms with Gasteiger partial charge in [-0.15, -0.1) is 0 Å². The van der Waals surface area contributed by atoms with E-state index >= 15 is 0 Å². The Morgan fingerprint density at radius 3 is 2.84 bits per heavy atom. The molecule has 0 fully saturated rings. The van der Waals surface area contributed by atoms with Gasteiger partial charge in [0, 0.05) is 55.2 Å². The Labute approximate surface area is 147 Å². The highest BCUT2D eigenvalue weighted by Crippen LogP contribution is 2.18. The lowest BCUT2D eigenvalue weighted by atomic mass is 10.2. The zero-order valence-electron chi connectivity index (χ0n) is 13.9. The minimum atomic E-state index is -3.56. The zero-order chi connectivity index (χ0) is 17.7. The van der Waals surface area contributed by atoms with Crippen LogP contribution in [0, 0.1) is 0 Å². The second kappa shape index (κ2) is 7.73. The van der Waals surface area contributed by atoms with Gasteiger partial charge in [0.2, 0.25) is 10.0 Å². The van der Waals surface area contributed by atoms with Crippen molar-refractivity contribution in [3.05, 3.63) is 54.9 Å². The number of benzene rings is 1. The average molecular weight is 359 g/mol. The average Bonchev–Trinajstić information content (AvgIpc) is 3.11. The van der Waals surface area contributed by atoms with Crippen LogP contribution in [0.2, 0.25) is 0 Å². The highest BCUT2D eigenvalue weighted by molar-refractivity contribution is 7.89. The summed E-state index contributed by atoms with van der Waals surface area (Å²) in [6.45, 7) is 3.13. The summed E-state index contributed by atoms with van der Waals surface area (Å²) in [4.78, 5) is 11.3. The van der Waals surface area contributed by atoms with Crippen LogP contribution in [0.15, 0.2) is 54.1 Å². The summed E-state index contributed by atoms with van der Waals surface area (Å²) in [5, 5.41) is 5.01. The maximum Gasteiger partial charge on any atom is 0.240 e. The smallest absolute Gasteiger partial charge is 0.240 e. The Hall–Kier alpha value is -2.29. The number of aromatic nitrogens is 3. The molecule has 2 heterocycles. The predicted molar refractivity (Wildman–Crippen MR) is 96.7 cm³/mol. The Balaban J connectivity index is 1.56. The molecule has 3 N–H and O–H groups in total. The van der Waals surface area contributed by atoms with Crippen LogP contribution < -0.4 is 10.0 Å². The van der Waals surface area contributed by atoms with Crippen LogP contribution in [0.25, 0.3) is 10.8 Å². The van der Waals surface area contributed by atoms with Crippen LogP contribution in [-0.4, -0.2) is 42.5 Å². The van der Waals surface area contributed by atoms with Crippen molar-refractivity contribution < 1.29 is 8.42 Å². The molecule has 0 aliphatic carbocycles. The summed E-state index contributed by atoms with van der Waals surface area (Å²) in [7, 11) is -3.56. The van der Waals surface area contributed by atoms with E-state index < -0.39 is 10.0 Å². The van der Waals surface area contributed by atoms with Gasteiger partial charge >= 0.3 is 0 Å². The van der Waals surface area contributed by atoms with Gasteiger partial charge in [-0.1, -0.05) is 6.07 Å². The molecule has 3 rings (SSSR count). The number of fused-ring (bicyclic) bond motifs is 1. The molecule has 0 aliphatic rings. The molecule has 0 radical (unpaired) electrons. The van der Waals surface area contributed by atoms with Crippen molar-refractivity contribution in [2.24, 2.45) is 0 Å². The largest absolute Gasteiger partial charge is 0.348 e. The van der Waals surface area contributed by atoms with E-state index in [2.05, 4.69) is 25.0 Å². The van der Waals surface area contributed by atoms with Crippen LogP contribution in [-0.2, 0) is 16.4 Å². The molecule has 132 valence electrons. The fraction of sp³-hybridized carbons (Fsp3) is 0.294. The summed E-state index contributed by atoms with van der Waals surface area (Å²) >= 11 is 0. The number of aromatic amines is 1. The monoisotopic (exact) mass is 359 g/mol. The molecule has 0 saturated heterocycles. The lowest BCUT2D eigenvalue weighted by molar-refractivity contribution is 0.537. The SMILES string of the molecule is CC(CNCCc1cnc[nH]1)NS(=O)(=O)c1ccc2cnccc2c1. The van der Waals surface area contributed by atoms with Gasteiger partial charge in [0.25, 0.3) is 0 Å². The summed E-state index contributed by atoms with van der Waals surface area (Å²) in [5.41, 5.74) is 1.05. The van der Waals surface area contributed by atoms with E-state index in [1.165, 1.54) is 0 Å². The van der Waals surface area contributed by atoms with Crippen molar-refractivity contribution in [2.45, 2.75) is 24.3 Å². The van der Waals surface area contributed by atoms with E-state index in [1.54, 1.807) is 49.2 Å². The highest BCUT2D eigenvalue weighted by atomic mass is 32.2. The molecule has 8 heteroatoms. The lowest BCUT2D eigenvalue weighted by Gasteiger charge is -2.15. The standard InChI is InChI=1S/C17H21N5O2S/c1-13(9-18-7-5-16-11-20-12-21-16)22-25(23,24)17-3-2-15-10-19-6-4-14(15)8-17/h2-4,6,8,10-13,18,22H,5,7,9H2,1H3,(H,20,21). The molecule has 0 spiro atoms. The molecule has 0 amide bonds. The van der Waals surface area contributed by atoms with E-state index in [-0.39, 0.29) is 10.9 Å². The molecular weight excluding hydrogens is 338 g/mol. The number of hydrogen-bond donors (Lipinski definition) is 3. The summed E-state index contributed by atoms with van der Waals surface area (Å²) < 4.78 is 27.8. The molecule has 25 heavy (non-hydrogen) atoms. The molecule has 1 unspecified atom stereocenters. The Morgan fingerprint density at radius 2 is 2.04 bits per heavy atom. The van der Waals surface area contributed by atoms with Gasteiger partial charge in [0.05, 0.1) is 11.2 Å². The van der Waals surface area contributed by atoms with Crippen LogP contribution >= 0.6 is 0 Å². The minimum Gasteiger partial charge on any atom is -0.348 e. The minimum absolute atomic E-state index is 0.222. The van der Waals surface area contributed by atoms with E-state index in [0.29, 0.717) is 6.54 Å². The second-order valence-electron chi connectivity index (χ2n) is 5.94. The number of H-pyrrole nitrogens is 1. The van der Waals surface area contributed by atoms with Gasteiger partial charge in [-0.2, -0.15) is 0 Å². The third-order valence-corrected chi connectivity index (χ3v) is 5.44. The quantitative estimate of drug-likeness (QED) is 0.529. The third kappa shape index (κ3) is 4.62. The van der Waals surface area contributed by atoms with Gasteiger partial charge in [-0.05, 0) is 30.5 Å². The Bertz CT molecular complexity index is 925. The molecule has 1 aromatic carbocycles. The van der Waals surface area contributed by atoms with Crippen molar-refractivity contribution in [1.29, 1.82) is 0 Å². The van der Waals surface area contributed by atoms with Crippen LogP contribution in [0.1, 0.15) is 12.6 Å². The van der Waals surface area contributed by atoms with Gasteiger partial charge in [-0.25, -0.2) is 18.1 Å². The predicted octanol–water partition coefficient (Wildman–Crippen LogP) is 1.46. The fourth-order valence-corrected chi connectivity index (χ4v) is 3.84. The fourth-order valence-electron chi connectivity index (χ4n) is 2.57. The number of hydrogen-bond acceptors (Lipinski definition) is 5. The molecule has 3 aromatic rings. The number of sulfonamides is 1. The summed E-state index contributed by atoms with van der Waals surface area (Å²) in [6.07, 6.45) is 7.61. The van der Waals surface area contributed by atoms with Gasteiger partial charge in [0.15, 0.2) is 0 Å². The Kier molecular flexibility index (Phi) is 5.42. The summed E-state index contributed by atoms with van der Waals surface area (Å²) in [5.74, 6) is 0. The van der Waals surface area contributed by atoms with Crippen molar-refractivity contribution in [3.63, 3.8) is 0 Å². The second-order valence-corrected chi connectivity index (χ2v) is 7.65. The van der Waals surface area contributed by atoms with Crippen molar-refractivity contribution in [1.82, 2.24) is 25.0 Å². The zero-order valence-corrected chi connectivity index (χ0v) is 14.8. The molecule has 0 aliphatic heterocycles. The van der Waals surface area contributed by atoms with Crippen LogP contribution in [0.3, 0.4) is 0 Å². The first-order valence-corrected chi connectivity index (χ1v) is 9.57. The molecule has 1 atom stereocenters. The van der Waals surface area contributed by atoms with Crippen molar-refractivity contribution in [3.8, 4) is 0 Å². The topological polar surface area (TPSA) is 99.8 Å². The Morgan fingerprint density at radius 1 is 1.16 bits per heavy atom. The number of pyridine rings is 1. The van der Waals surface area contributed by atoms with Crippen LogP contribution in [0.5, 0.6) is 0 Å². The van der Waals surface area contributed by atoms with Gasteiger partial charge in [-0.3, -0.25) is 4.98 Å². The number of rotatable bonds is 8. The first-order chi connectivity index (χ1) is 12.0. The van der Waals surface area contributed by atoms with E-state index in [9.17, 15) is 8.42 Å².